The van der Waals surface area contributed by atoms with Crippen molar-refractivity contribution in [2.24, 2.45) is 0 Å². The molecule has 0 amide bonds. The molecular formula is C8H7ClFNO2. The summed E-state index contributed by atoms with van der Waals surface area (Å²) < 4.78 is 17.2. The van der Waals surface area contributed by atoms with Gasteiger partial charge in [0.05, 0.1) is 17.7 Å². The molecule has 0 aromatic heterocycles. The minimum absolute atomic E-state index is 0.0237. The van der Waals surface area contributed by atoms with Crippen molar-refractivity contribution in [1.29, 1.82) is 0 Å². The normalized spacial score (nSPS) is 9.77. The number of benzene rings is 1. The third kappa shape index (κ3) is 1.89. The maximum atomic E-state index is 12.9. The number of hydrogen-bond donors (Lipinski definition) is 1. The van der Waals surface area contributed by atoms with E-state index in [1.807, 2.05) is 0 Å². The number of methoxy groups -OCH3 is 1. The Morgan fingerprint density at radius 2 is 2.23 bits per heavy atom. The quantitative estimate of drug-likeness (QED) is 0.560. The van der Waals surface area contributed by atoms with Crippen molar-refractivity contribution in [1.82, 2.24) is 0 Å². The summed E-state index contributed by atoms with van der Waals surface area (Å²) >= 11 is 5.43. The standard InChI is InChI=1S/C8H7ClFNO2/c1-13-8(12)4-2-6(10)5(9)3-7(4)11/h2-3H,11H2,1H3. The second kappa shape index (κ2) is 3.62. The predicted molar refractivity (Wildman–Crippen MR) is 47.2 cm³/mol. The Bertz CT molecular complexity index is 354. The molecule has 1 aromatic rings. The molecule has 0 saturated carbocycles. The second-order valence-electron chi connectivity index (χ2n) is 2.35. The van der Waals surface area contributed by atoms with Gasteiger partial charge in [-0.25, -0.2) is 9.18 Å². The lowest BCUT2D eigenvalue weighted by atomic mass is 10.2. The number of esters is 1. The third-order valence-corrected chi connectivity index (χ3v) is 1.79. The lowest BCUT2D eigenvalue weighted by molar-refractivity contribution is 0.0601. The first-order chi connectivity index (χ1) is 6.06. The molecule has 2 N–H and O–H groups in total. The Hall–Kier alpha value is -1.29. The number of ether oxygens (including phenoxy) is 1. The van der Waals surface area contributed by atoms with Crippen LogP contribution in [0.15, 0.2) is 12.1 Å². The van der Waals surface area contributed by atoms with Crippen LogP contribution in [0.3, 0.4) is 0 Å². The molecule has 13 heavy (non-hydrogen) atoms. The van der Waals surface area contributed by atoms with Crippen LogP contribution >= 0.6 is 11.6 Å². The molecule has 0 saturated heterocycles. The summed E-state index contributed by atoms with van der Waals surface area (Å²) in [5.74, 6) is -1.38. The van der Waals surface area contributed by atoms with Crippen LogP contribution in [0.5, 0.6) is 0 Å². The molecule has 0 bridgehead atoms. The van der Waals surface area contributed by atoms with Gasteiger partial charge in [0.15, 0.2) is 0 Å². The molecule has 0 aliphatic rings. The third-order valence-electron chi connectivity index (χ3n) is 1.50. The highest BCUT2D eigenvalue weighted by Crippen LogP contribution is 2.22. The van der Waals surface area contributed by atoms with Gasteiger partial charge in [0.25, 0.3) is 0 Å². The van der Waals surface area contributed by atoms with Gasteiger partial charge in [0, 0.05) is 5.69 Å². The Balaban J connectivity index is 3.23. The minimum atomic E-state index is -0.698. The fraction of sp³-hybridized carbons (Fsp3) is 0.125. The SMILES string of the molecule is COC(=O)c1cc(F)c(Cl)cc1N. The Labute approximate surface area is 79.2 Å². The number of nitrogen functional groups attached to an aromatic ring is 1. The molecule has 70 valence electrons. The number of anilines is 1. The topological polar surface area (TPSA) is 52.3 Å². The molecule has 0 atom stereocenters. The van der Waals surface area contributed by atoms with Crippen molar-refractivity contribution in [3.8, 4) is 0 Å². The number of rotatable bonds is 1. The maximum absolute atomic E-state index is 12.9. The van der Waals surface area contributed by atoms with Crippen molar-refractivity contribution in [3.05, 3.63) is 28.5 Å². The molecule has 5 heteroatoms. The molecule has 3 nitrogen and oxygen atoms in total. The highest BCUT2D eigenvalue weighted by Gasteiger charge is 2.13. The van der Waals surface area contributed by atoms with Gasteiger partial charge in [-0.15, -0.1) is 0 Å². The van der Waals surface area contributed by atoms with E-state index in [0.29, 0.717) is 0 Å². The van der Waals surface area contributed by atoms with E-state index in [2.05, 4.69) is 4.74 Å². The molecular weight excluding hydrogens is 197 g/mol. The highest BCUT2D eigenvalue weighted by molar-refractivity contribution is 6.31. The van der Waals surface area contributed by atoms with Crippen molar-refractivity contribution in [3.63, 3.8) is 0 Å². The molecule has 0 radical (unpaired) electrons. The Kier molecular flexibility index (Phi) is 2.72. The maximum Gasteiger partial charge on any atom is 0.340 e. The van der Waals surface area contributed by atoms with Gasteiger partial charge < -0.3 is 10.5 Å². The first-order valence-electron chi connectivity index (χ1n) is 3.39. The lowest BCUT2D eigenvalue weighted by Crippen LogP contribution is -2.06. The molecule has 0 heterocycles. The van der Waals surface area contributed by atoms with Gasteiger partial charge >= 0.3 is 5.97 Å². The van der Waals surface area contributed by atoms with E-state index in [0.717, 1.165) is 6.07 Å². The van der Waals surface area contributed by atoms with E-state index in [4.69, 9.17) is 17.3 Å². The van der Waals surface area contributed by atoms with Crippen molar-refractivity contribution >= 4 is 23.3 Å². The summed E-state index contributed by atoms with van der Waals surface area (Å²) in [6.45, 7) is 0. The van der Waals surface area contributed by atoms with E-state index in [1.165, 1.54) is 13.2 Å². The smallest absolute Gasteiger partial charge is 0.340 e. The summed E-state index contributed by atoms with van der Waals surface area (Å²) in [5, 5.41) is -0.120. The first-order valence-corrected chi connectivity index (χ1v) is 3.77. The fourth-order valence-corrected chi connectivity index (χ4v) is 1.02. The molecule has 0 fully saturated rings. The van der Waals surface area contributed by atoms with Crippen LogP contribution in [0.4, 0.5) is 10.1 Å². The van der Waals surface area contributed by atoms with E-state index in [1.54, 1.807) is 0 Å². The van der Waals surface area contributed by atoms with Gasteiger partial charge in [-0.2, -0.15) is 0 Å². The van der Waals surface area contributed by atoms with Gasteiger partial charge in [0.1, 0.15) is 5.82 Å². The van der Waals surface area contributed by atoms with Crippen LogP contribution < -0.4 is 5.73 Å². The van der Waals surface area contributed by atoms with Crippen LogP contribution in [0, 0.1) is 5.82 Å². The van der Waals surface area contributed by atoms with Crippen LogP contribution in [-0.4, -0.2) is 13.1 Å². The van der Waals surface area contributed by atoms with Gasteiger partial charge in [-0.3, -0.25) is 0 Å². The zero-order valence-electron chi connectivity index (χ0n) is 6.80. The average molecular weight is 204 g/mol. The number of halogens is 2. The molecule has 0 aliphatic heterocycles. The fourth-order valence-electron chi connectivity index (χ4n) is 0.849. The monoisotopic (exact) mass is 203 g/mol. The molecule has 0 aliphatic carbocycles. The van der Waals surface area contributed by atoms with Crippen LogP contribution in [0.1, 0.15) is 10.4 Å². The van der Waals surface area contributed by atoms with Crippen LogP contribution in [0.25, 0.3) is 0 Å². The van der Waals surface area contributed by atoms with E-state index in [-0.39, 0.29) is 16.3 Å². The van der Waals surface area contributed by atoms with Crippen LogP contribution in [-0.2, 0) is 4.74 Å². The minimum Gasteiger partial charge on any atom is -0.465 e. The number of nitrogens with two attached hydrogens (primary N) is 1. The highest BCUT2D eigenvalue weighted by atomic mass is 35.5. The summed E-state index contributed by atoms with van der Waals surface area (Å²) in [6.07, 6.45) is 0. The largest absolute Gasteiger partial charge is 0.465 e. The summed E-state index contributed by atoms with van der Waals surface area (Å²) in [7, 11) is 1.19. The van der Waals surface area contributed by atoms with Crippen LogP contribution in [0.2, 0.25) is 5.02 Å². The van der Waals surface area contributed by atoms with E-state index < -0.39 is 11.8 Å². The summed E-state index contributed by atoms with van der Waals surface area (Å²) in [5.41, 5.74) is 5.49. The van der Waals surface area contributed by atoms with E-state index in [9.17, 15) is 9.18 Å². The Morgan fingerprint density at radius 1 is 1.62 bits per heavy atom. The second-order valence-corrected chi connectivity index (χ2v) is 2.75. The number of carbonyl (C=O) groups excluding carboxylic acids is 1. The molecule has 0 unspecified atom stereocenters. The molecule has 1 rings (SSSR count). The molecule has 1 aromatic carbocycles. The van der Waals surface area contributed by atoms with Gasteiger partial charge in [0.2, 0.25) is 0 Å². The van der Waals surface area contributed by atoms with Gasteiger partial charge in [-0.1, -0.05) is 11.6 Å². The number of hydrogen-bond acceptors (Lipinski definition) is 3. The van der Waals surface area contributed by atoms with Gasteiger partial charge in [-0.05, 0) is 12.1 Å². The zero-order chi connectivity index (χ0) is 10.0. The summed E-state index contributed by atoms with van der Waals surface area (Å²) in [4.78, 5) is 11.0. The van der Waals surface area contributed by atoms with E-state index >= 15 is 0 Å². The lowest BCUT2D eigenvalue weighted by Gasteiger charge is -2.04. The first kappa shape index (κ1) is 9.80. The van der Waals surface area contributed by atoms with Crippen molar-refractivity contribution in [2.45, 2.75) is 0 Å². The Morgan fingerprint density at radius 3 is 2.77 bits per heavy atom. The number of carbonyl (C=O) groups is 1. The van der Waals surface area contributed by atoms with Crippen molar-refractivity contribution < 1.29 is 13.9 Å². The zero-order valence-corrected chi connectivity index (χ0v) is 7.56. The van der Waals surface area contributed by atoms with Crippen molar-refractivity contribution in [2.75, 3.05) is 12.8 Å². The summed E-state index contributed by atoms with van der Waals surface area (Å²) in [6, 6.07) is 2.12. The predicted octanol–water partition coefficient (Wildman–Crippen LogP) is 1.85. The molecule has 0 spiro atoms. The average Bonchev–Trinajstić information content (AvgIpc) is 2.10.